The van der Waals surface area contributed by atoms with Crippen molar-refractivity contribution in [2.45, 2.75) is 18.7 Å². The van der Waals surface area contributed by atoms with Gasteiger partial charge in [-0.3, -0.25) is 0 Å². The smallest absolute Gasteiger partial charge is 0.241 e. The highest BCUT2D eigenvalue weighted by molar-refractivity contribution is 9.11. The van der Waals surface area contributed by atoms with Crippen molar-refractivity contribution in [2.75, 3.05) is 19.8 Å². The third-order valence-corrected chi connectivity index (χ3v) is 5.29. The second kappa shape index (κ2) is 6.81. The highest BCUT2D eigenvalue weighted by Crippen LogP contribution is 2.29. The van der Waals surface area contributed by atoms with E-state index in [0.29, 0.717) is 18.1 Å². The fourth-order valence-corrected chi connectivity index (χ4v) is 4.70. The lowest BCUT2D eigenvalue weighted by Crippen LogP contribution is -2.27. The van der Waals surface area contributed by atoms with E-state index in [1.165, 1.54) is 11.3 Å². The number of sulfonamides is 1. The van der Waals surface area contributed by atoms with E-state index in [4.69, 9.17) is 4.74 Å². The number of ether oxygens (including phenoxy) is 1. The predicted octanol–water partition coefficient (Wildman–Crippen LogP) is 2.69. The van der Waals surface area contributed by atoms with Gasteiger partial charge in [0.05, 0.1) is 21.9 Å². The Morgan fingerprint density at radius 1 is 1.61 bits per heavy atom. The molecule has 0 saturated carbocycles. The minimum Gasteiger partial charge on any atom is -0.376 e. The zero-order valence-electron chi connectivity index (χ0n) is 10.3. The van der Waals surface area contributed by atoms with Crippen molar-refractivity contribution < 1.29 is 13.2 Å². The number of hydrogen-bond donors (Lipinski definition) is 1. The van der Waals surface area contributed by atoms with Crippen LogP contribution in [0.1, 0.15) is 11.8 Å². The van der Waals surface area contributed by atoms with E-state index in [0.717, 1.165) is 14.2 Å². The van der Waals surface area contributed by atoms with Crippen LogP contribution in [-0.4, -0.2) is 28.2 Å². The summed E-state index contributed by atoms with van der Waals surface area (Å²) in [6.07, 6.45) is 0. The van der Waals surface area contributed by atoms with Crippen molar-refractivity contribution in [3.05, 3.63) is 26.9 Å². The fraction of sp³-hybridized carbons (Fsp3) is 0.455. The van der Waals surface area contributed by atoms with Crippen LogP contribution in [0.25, 0.3) is 0 Å². The Morgan fingerprint density at radius 3 is 2.78 bits per heavy atom. The van der Waals surface area contributed by atoms with Crippen molar-refractivity contribution in [2.24, 2.45) is 0 Å². The average Bonchev–Trinajstić information content (AvgIpc) is 2.57. The van der Waals surface area contributed by atoms with E-state index in [1.54, 1.807) is 13.0 Å². The van der Waals surface area contributed by atoms with E-state index in [-0.39, 0.29) is 6.54 Å². The van der Waals surface area contributed by atoms with E-state index in [2.05, 4.69) is 27.2 Å². The molecule has 1 N–H and O–H groups in total. The molecule has 0 aliphatic rings. The van der Waals surface area contributed by atoms with Crippen LogP contribution in [0.3, 0.4) is 0 Å². The zero-order valence-corrected chi connectivity index (χ0v) is 13.5. The van der Waals surface area contributed by atoms with Gasteiger partial charge in [0.2, 0.25) is 10.0 Å². The molecule has 1 rings (SSSR count). The summed E-state index contributed by atoms with van der Waals surface area (Å²) in [7, 11) is -3.44. The van der Waals surface area contributed by atoms with E-state index in [1.807, 2.05) is 6.92 Å². The molecule has 0 bridgehead atoms. The molecule has 0 atom stereocenters. The number of thiophene rings is 1. The molecule has 4 nitrogen and oxygen atoms in total. The molecule has 7 heteroatoms. The summed E-state index contributed by atoms with van der Waals surface area (Å²) >= 11 is 4.67. The molecule has 0 amide bonds. The van der Waals surface area contributed by atoms with Gasteiger partial charge < -0.3 is 4.74 Å². The van der Waals surface area contributed by atoms with Crippen molar-refractivity contribution in [3.63, 3.8) is 0 Å². The highest BCUT2D eigenvalue weighted by atomic mass is 79.9. The van der Waals surface area contributed by atoms with Gasteiger partial charge in [-0.25, -0.2) is 13.1 Å². The Morgan fingerprint density at radius 2 is 2.28 bits per heavy atom. The molecule has 0 spiro atoms. The molecule has 0 unspecified atom stereocenters. The lowest BCUT2D eigenvalue weighted by atomic mass is 10.4. The largest absolute Gasteiger partial charge is 0.376 e. The van der Waals surface area contributed by atoms with Gasteiger partial charge in [0.15, 0.2) is 0 Å². The van der Waals surface area contributed by atoms with Gasteiger partial charge in [0.1, 0.15) is 0 Å². The quantitative estimate of drug-likeness (QED) is 0.605. The predicted molar refractivity (Wildman–Crippen MR) is 77.6 cm³/mol. The fourth-order valence-electron chi connectivity index (χ4n) is 1.27. The molecule has 0 aliphatic carbocycles. The Kier molecular flexibility index (Phi) is 6.00. The van der Waals surface area contributed by atoms with Gasteiger partial charge in [0, 0.05) is 11.4 Å². The average molecular weight is 354 g/mol. The summed E-state index contributed by atoms with van der Waals surface area (Å²) in [6.45, 7) is 8.36. The van der Waals surface area contributed by atoms with Crippen LogP contribution >= 0.6 is 27.3 Å². The number of nitrogens with one attached hydrogen (secondary N) is 1. The highest BCUT2D eigenvalue weighted by Gasteiger charge is 2.18. The van der Waals surface area contributed by atoms with E-state index in [9.17, 15) is 8.42 Å². The first-order valence-corrected chi connectivity index (χ1v) is 8.40. The third kappa shape index (κ3) is 4.81. The maximum absolute atomic E-state index is 12.0. The van der Waals surface area contributed by atoms with Gasteiger partial charge in [-0.2, -0.15) is 0 Å². The number of hydrogen-bond acceptors (Lipinski definition) is 4. The minimum absolute atomic E-state index is 0.252. The van der Waals surface area contributed by atoms with Gasteiger partial charge in [-0.05, 0) is 35.8 Å². The maximum Gasteiger partial charge on any atom is 0.241 e. The molecular formula is C11H16BrNO3S2. The zero-order chi connectivity index (χ0) is 13.8. The first kappa shape index (κ1) is 15.8. The monoisotopic (exact) mass is 353 g/mol. The van der Waals surface area contributed by atoms with Crippen LogP contribution in [0.4, 0.5) is 0 Å². The van der Waals surface area contributed by atoms with Crippen molar-refractivity contribution in [1.82, 2.24) is 4.72 Å². The van der Waals surface area contributed by atoms with E-state index < -0.39 is 10.0 Å². The molecule has 1 aromatic heterocycles. The van der Waals surface area contributed by atoms with Crippen LogP contribution in [-0.2, 0) is 14.8 Å². The standard InChI is InChI=1S/C11H16BrNO3S2/c1-8(2)7-16-5-4-13-18(14,15)10-6-11(12)17-9(10)3/h6,13H,1,4-5,7H2,2-3H3. The van der Waals surface area contributed by atoms with Crippen LogP contribution in [0.5, 0.6) is 0 Å². The van der Waals surface area contributed by atoms with Crippen LogP contribution < -0.4 is 4.72 Å². The molecule has 18 heavy (non-hydrogen) atoms. The number of rotatable bonds is 7. The molecule has 102 valence electrons. The summed E-state index contributed by atoms with van der Waals surface area (Å²) in [5.74, 6) is 0. The number of aryl methyl sites for hydroxylation is 1. The third-order valence-electron chi connectivity index (χ3n) is 2.02. The van der Waals surface area contributed by atoms with Gasteiger partial charge >= 0.3 is 0 Å². The van der Waals surface area contributed by atoms with Crippen molar-refractivity contribution in [1.29, 1.82) is 0 Å². The van der Waals surface area contributed by atoms with Crippen LogP contribution in [0.15, 0.2) is 26.9 Å². The molecule has 0 radical (unpaired) electrons. The Labute approximate surface area is 120 Å². The minimum atomic E-state index is -3.44. The van der Waals surface area contributed by atoms with Crippen LogP contribution in [0, 0.1) is 6.92 Å². The topological polar surface area (TPSA) is 55.4 Å². The first-order valence-electron chi connectivity index (χ1n) is 5.30. The SMILES string of the molecule is C=C(C)COCCNS(=O)(=O)c1cc(Br)sc1C. The first-order chi connectivity index (χ1) is 8.33. The Hall–Kier alpha value is -0.210. The molecule has 0 saturated heterocycles. The Bertz CT molecular complexity index is 522. The van der Waals surface area contributed by atoms with Gasteiger partial charge in [-0.1, -0.05) is 12.2 Å². The molecule has 0 aliphatic heterocycles. The maximum atomic E-state index is 12.0. The summed E-state index contributed by atoms with van der Waals surface area (Å²) in [6, 6.07) is 1.61. The summed E-state index contributed by atoms with van der Waals surface area (Å²) in [5.41, 5.74) is 0.912. The lowest BCUT2D eigenvalue weighted by molar-refractivity contribution is 0.162. The van der Waals surface area contributed by atoms with Crippen molar-refractivity contribution >= 4 is 37.3 Å². The molecular weight excluding hydrogens is 338 g/mol. The van der Waals surface area contributed by atoms with E-state index >= 15 is 0 Å². The second-order valence-electron chi connectivity index (χ2n) is 3.88. The molecule has 1 aromatic rings. The molecule has 1 heterocycles. The van der Waals surface area contributed by atoms with Gasteiger partial charge in [-0.15, -0.1) is 11.3 Å². The summed E-state index contributed by atoms with van der Waals surface area (Å²) < 4.78 is 32.5. The second-order valence-corrected chi connectivity index (χ2v) is 8.25. The molecule has 0 fully saturated rings. The van der Waals surface area contributed by atoms with Gasteiger partial charge in [0.25, 0.3) is 0 Å². The number of halogens is 1. The summed E-state index contributed by atoms with van der Waals surface area (Å²) in [5, 5.41) is 0. The van der Waals surface area contributed by atoms with Crippen LogP contribution in [0.2, 0.25) is 0 Å². The summed E-state index contributed by atoms with van der Waals surface area (Å²) in [4.78, 5) is 1.08. The van der Waals surface area contributed by atoms with Crippen molar-refractivity contribution in [3.8, 4) is 0 Å². The normalized spacial score (nSPS) is 11.7. The molecule has 0 aromatic carbocycles. The Balaban J connectivity index is 2.51. The lowest BCUT2D eigenvalue weighted by Gasteiger charge is -2.07.